The van der Waals surface area contributed by atoms with Gasteiger partial charge in [0, 0.05) is 33.2 Å². The van der Waals surface area contributed by atoms with E-state index in [0.717, 1.165) is 41.6 Å². The number of piperazine rings is 1. The van der Waals surface area contributed by atoms with Crippen LogP contribution in [0.2, 0.25) is 0 Å². The molecule has 1 fully saturated rings. The second-order valence-electron chi connectivity index (χ2n) is 7.93. The van der Waals surface area contributed by atoms with Crippen LogP contribution in [0.25, 0.3) is 0 Å². The number of allylic oxidation sites excluding steroid dienone is 1. The molecule has 32 heavy (non-hydrogen) atoms. The standard InChI is InChI=1S/C26H29N5O/c1-20-14-15-24(28-31(20)21(2)27-3)29-16-18-30(19-17-29)26(32)25(22-10-6-4-7-11-22)23-12-8-5-9-13-23/h4-15,25H,1,16-19H2,2-3H3. The molecule has 2 aliphatic rings. The van der Waals surface area contributed by atoms with Crippen molar-refractivity contribution in [3.63, 3.8) is 0 Å². The minimum atomic E-state index is -0.293. The molecule has 6 heteroatoms. The lowest BCUT2D eigenvalue weighted by molar-refractivity contribution is -0.133. The molecule has 0 aromatic heterocycles. The van der Waals surface area contributed by atoms with E-state index < -0.39 is 0 Å². The van der Waals surface area contributed by atoms with Crippen LogP contribution in [0.5, 0.6) is 0 Å². The first kappa shape index (κ1) is 21.6. The molecule has 1 amide bonds. The second kappa shape index (κ2) is 9.64. The predicted molar refractivity (Wildman–Crippen MR) is 129 cm³/mol. The molecule has 0 aliphatic carbocycles. The van der Waals surface area contributed by atoms with Crippen molar-refractivity contribution < 1.29 is 4.79 Å². The SMILES string of the molecule is C=C1C=CC(N2CCN(C(=O)C(c3ccccc3)c3ccccc3)CC2)=NN1C(C)=NC. The van der Waals surface area contributed by atoms with Crippen molar-refractivity contribution in [2.45, 2.75) is 12.8 Å². The molecule has 0 saturated carbocycles. The highest BCUT2D eigenvalue weighted by molar-refractivity contribution is 5.96. The average Bonchev–Trinajstić information content (AvgIpc) is 2.85. The van der Waals surface area contributed by atoms with Crippen LogP contribution in [0.3, 0.4) is 0 Å². The fourth-order valence-corrected chi connectivity index (χ4v) is 4.09. The van der Waals surface area contributed by atoms with Crippen molar-refractivity contribution in [1.29, 1.82) is 0 Å². The number of hydrogen-bond donors (Lipinski definition) is 0. The highest BCUT2D eigenvalue weighted by Crippen LogP contribution is 2.27. The quantitative estimate of drug-likeness (QED) is 0.554. The van der Waals surface area contributed by atoms with Gasteiger partial charge in [0.25, 0.3) is 0 Å². The Morgan fingerprint density at radius 1 is 0.938 bits per heavy atom. The summed E-state index contributed by atoms with van der Waals surface area (Å²) in [5, 5.41) is 6.47. The lowest BCUT2D eigenvalue weighted by atomic mass is 9.90. The van der Waals surface area contributed by atoms with Crippen molar-refractivity contribution in [1.82, 2.24) is 14.8 Å². The maximum absolute atomic E-state index is 13.6. The third-order valence-corrected chi connectivity index (χ3v) is 5.96. The Morgan fingerprint density at radius 2 is 1.50 bits per heavy atom. The normalized spacial score (nSPS) is 17.1. The van der Waals surface area contributed by atoms with E-state index >= 15 is 0 Å². The van der Waals surface area contributed by atoms with Crippen LogP contribution in [0.1, 0.15) is 24.0 Å². The maximum Gasteiger partial charge on any atom is 0.234 e. The number of aliphatic imine (C=N–C) groups is 1. The molecule has 4 rings (SSSR count). The van der Waals surface area contributed by atoms with Crippen LogP contribution in [0, 0.1) is 0 Å². The molecule has 2 aromatic rings. The molecular formula is C26H29N5O. The van der Waals surface area contributed by atoms with Gasteiger partial charge in [-0.1, -0.05) is 67.2 Å². The van der Waals surface area contributed by atoms with Gasteiger partial charge in [-0.25, -0.2) is 5.01 Å². The minimum absolute atomic E-state index is 0.146. The topological polar surface area (TPSA) is 51.5 Å². The monoisotopic (exact) mass is 427 g/mol. The summed E-state index contributed by atoms with van der Waals surface area (Å²) in [6, 6.07) is 20.1. The van der Waals surface area contributed by atoms with Crippen molar-refractivity contribution in [3.05, 3.63) is 96.2 Å². The molecule has 0 N–H and O–H groups in total. The molecule has 0 spiro atoms. The zero-order chi connectivity index (χ0) is 22.5. The maximum atomic E-state index is 13.6. The molecular weight excluding hydrogens is 398 g/mol. The van der Waals surface area contributed by atoms with E-state index in [1.165, 1.54) is 0 Å². The molecule has 2 aliphatic heterocycles. The van der Waals surface area contributed by atoms with Gasteiger partial charge in [0.1, 0.15) is 11.7 Å². The van der Waals surface area contributed by atoms with Crippen LogP contribution >= 0.6 is 0 Å². The van der Waals surface area contributed by atoms with Gasteiger partial charge in [-0.2, -0.15) is 0 Å². The first-order chi connectivity index (χ1) is 15.6. The van der Waals surface area contributed by atoms with E-state index in [-0.39, 0.29) is 11.8 Å². The minimum Gasteiger partial charge on any atom is -0.352 e. The lowest BCUT2D eigenvalue weighted by Crippen LogP contribution is -2.52. The number of nitrogens with zero attached hydrogens (tertiary/aromatic N) is 5. The van der Waals surface area contributed by atoms with Crippen LogP contribution in [0.4, 0.5) is 0 Å². The summed E-state index contributed by atoms with van der Waals surface area (Å²) in [6.45, 7) is 8.72. The number of hydrazone groups is 1. The third-order valence-electron chi connectivity index (χ3n) is 5.96. The van der Waals surface area contributed by atoms with Gasteiger partial charge in [0.15, 0.2) is 0 Å². The van der Waals surface area contributed by atoms with Gasteiger partial charge in [0.05, 0.1) is 11.6 Å². The zero-order valence-corrected chi connectivity index (χ0v) is 18.7. The Hall–Kier alpha value is -3.67. The second-order valence-corrected chi connectivity index (χ2v) is 7.93. The van der Waals surface area contributed by atoms with Gasteiger partial charge >= 0.3 is 0 Å². The highest BCUT2D eigenvalue weighted by atomic mass is 16.2. The zero-order valence-electron chi connectivity index (χ0n) is 18.7. The predicted octanol–water partition coefficient (Wildman–Crippen LogP) is 3.71. The highest BCUT2D eigenvalue weighted by Gasteiger charge is 2.30. The summed E-state index contributed by atoms with van der Waals surface area (Å²) in [7, 11) is 1.75. The molecule has 2 heterocycles. The van der Waals surface area contributed by atoms with Gasteiger partial charge < -0.3 is 9.80 Å². The molecule has 0 atom stereocenters. The summed E-state index contributed by atoms with van der Waals surface area (Å²) in [5.41, 5.74) is 2.84. The van der Waals surface area contributed by atoms with E-state index in [9.17, 15) is 4.79 Å². The summed E-state index contributed by atoms with van der Waals surface area (Å²) in [5.74, 6) is 1.51. The fraction of sp³-hybridized carbons (Fsp3) is 0.269. The third kappa shape index (κ3) is 4.49. The fourth-order valence-electron chi connectivity index (χ4n) is 4.09. The molecule has 6 nitrogen and oxygen atoms in total. The molecule has 0 radical (unpaired) electrons. The van der Waals surface area contributed by atoms with Crippen LogP contribution < -0.4 is 0 Å². The Labute approximate surface area is 189 Å². The van der Waals surface area contributed by atoms with Crippen LogP contribution in [0.15, 0.2) is 95.2 Å². The molecule has 0 bridgehead atoms. The van der Waals surface area contributed by atoms with Gasteiger partial charge in [-0.3, -0.25) is 9.79 Å². The Balaban J connectivity index is 1.49. The van der Waals surface area contributed by atoms with E-state index in [0.29, 0.717) is 13.1 Å². The number of carbonyl (C=O) groups excluding carboxylic acids is 1. The number of carbonyl (C=O) groups is 1. The number of rotatable bonds is 3. The number of benzene rings is 2. The molecule has 1 saturated heterocycles. The molecule has 164 valence electrons. The van der Waals surface area contributed by atoms with Gasteiger partial charge in [0.2, 0.25) is 5.91 Å². The molecule has 0 unspecified atom stereocenters. The van der Waals surface area contributed by atoms with Crippen LogP contribution in [-0.4, -0.2) is 65.6 Å². The van der Waals surface area contributed by atoms with E-state index in [4.69, 9.17) is 5.10 Å². The first-order valence-electron chi connectivity index (χ1n) is 10.9. The van der Waals surface area contributed by atoms with E-state index in [1.807, 2.05) is 84.6 Å². The van der Waals surface area contributed by atoms with Crippen LogP contribution in [-0.2, 0) is 4.79 Å². The van der Waals surface area contributed by atoms with E-state index in [2.05, 4.69) is 16.5 Å². The van der Waals surface area contributed by atoms with Crippen molar-refractivity contribution >= 4 is 17.6 Å². The Bertz CT molecular complexity index is 1010. The van der Waals surface area contributed by atoms with Gasteiger partial charge in [-0.15, -0.1) is 5.10 Å². The summed E-state index contributed by atoms with van der Waals surface area (Å²) < 4.78 is 0. The van der Waals surface area contributed by atoms with Crippen molar-refractivity contribution in [3.8, 4) is 0 Å². The number of hydrogen-bond acceptors (Lipinski definition) is 4. The Morgan fingerprint density at radius 3 is 2.03 bits per heavy atom. The Kier molecular flexibility index (Phi) is 6.50. The number of amides is 1. The smallest absolute Gasteiger partial charge is 0.234 e. The number of amidine groups is 2. The lowest BCUT2D eigenvalue weighted by Gasteiger charge is -2.38. The van der Waals surface area contributed by atoms with Crippen molar-refractivity contribution in [2.75, 3.05) is 33.2 Å². The summed E-state index contributed by atoms with van der Waals surface area (Å²) >= 11 is 0. The van der Waals surface area contributed by atoms with Gasteiger partial charge in [-0.05, 0) is 30.2 Å². The summed E-state index contributed by atoms with van der Waals surface area (Å²) in [6.07, 6.45) is 3.94. The molecule has 2 aromatic carbocycles. The first-order valence-corrected chi connectivity index (χ1v) is 10.9. The van der Waals surface area contributed by atoms with E-state index in [1.54, 1.807) is 12.1 Å². The summed E-state index contributed by atoms with van der Waals surface area (Å²) in [4.78, 5) is 22.0. The van der Waals surface area contributed by atoms with Crippen molar-refractivity contribution in [2.24, 2.45) is 10.1 Å². The average molecular weight is 428 g/mol. The largest absolute Gasteiger partial charge is 0.352 e.